The van der Waals surface area contributed by atoms with Gasteiger partial charge in [0.1, 0.15) is 5.75 Å². The second-order valence-electron chi connectivity index (χ2n) is 3.11. The van der Waals surface area contributed by atoms with Crippen LogP contribution in [0.25, 0.3) is 0 Å². The number of phenolic OH excluding ortho intramolecular Hbond substituents is 1. The van der Waals surface area contributed by atoms with Crippen molar-refractivity contribution >= 4 is 0 Å². The Morgan fingerprint density at radius 2 is 1.93 bits per heavy atom. The van der Waals surface area contributed by atoms with E-state index >= 15 is 0 Å². The van der Waals surface area contributed by atoms with E-state index in [1.807, 2.05) is 0 Å². The van der Waals surface area contributed by atoms with Gasteiger partial charge in [0.2, 0.25) is 0 Å². The molecule has 4 heteroatoms. The van der Waals surface area contributed by atoms with Crippen molar-refractivity contribution in [2.45, 2.75) is 6.42 Å². The molecule has 3 N–H and O–H groups in total. The lowest BCUT2D eigenvalue weighted by Crippen LogP contribution is -2.05. The normalized spacial score (nSPS) is 10.3. The Morgan fingerprint density at radius 3 is 2.50 bits per heavy atom. The summed E-state index contributed by atoms with van der Waals surface area (Å²) in [6.45, 7) is 0. The molecule has 0 aliphatic carbocycles. The second-order valence-corrected chi connectivity index (χ2v) is 3.11. The Morgan fingerprint density at radius 1 is 1.21 bits per heavy atom. The second kappa shape index (κ2) is 3.41. The number of aromatic nitrogens is 2. The minimum atomic E-state index is -0.0990. The third-order valence-corrected chi connectivity index (χ3v) is 2.05. The van der Waals surface area contributed by atoms with E-state index < -0.39 is 0 Å². The third kappa shape index (κ3) is 1.69. The highest BCUT2D eigenvalue weighted by molar-refractivity contribution is 5.29. The maximum Gasteiger partial charge on any atom is 0.267 e. The van der Waals surface area contributed by atoms with E-state index in [-0.39, 0.29) is 11.3 Å². The number of aromatic hydroxyl groups is 1. The molecule has 0 aliphatic heterocycles. The summed E-state index contributed by atoms with van der Waals surface area (Å²) in [6.07, 6.45) is 2.22. The molecule has 0 bridgehead atoms. The Hall–Kier alpha value is -1.97. The number of phenols is 1. The fourth-order valence-electron chi connectivity index (χ4n) is 1.30. The number of aromatic amines is 2. The molecular weight excluding hydrogens is 180 g/mol. The van der Waals surface area contributed by atoms with Crippen LogP contribution in [0.3, 0.4) is 0 Å². The van der Waals surface area contributed by atoms with Gasteiger partial charge < -0.3 is 10.2 Å². The quantitative estimate of drug-likeness (QED) is 0.661. The van der Waals surface area contributed by atoms with Gasteiger partial charge in [-0.1, -0.05) is 12.1 Å². The molecule has 4 nitrogen and oxygen atoms in total. The molecule has 14 heavy (non-hydrogen) atoms. The molecule has 0 fully saturated rings. The average molecular weight is 190 g/mol. The van der Waals surface area contributed by atoms with E-state index in [0.717, 1.165) is 5.56 Å². The summed E-state index contributed by atoms with van der Waals surface area (Å²) in [7, 11) is 0. The molecule has 0 saturated carbocycles. The van der Waals surface area contributed by atoms with E-state index in [4.69, 9.17) is 5.11 Å². The van der Waals surface area contributed by atoms with Gasteiger partial charge in [-0.05, 0) is 17.7 Å². The van der Waals surface area contributed by atoms with Crippen LogP contribution in [0.15, 0.2) is 35.3 Å². The average Bonchev–Trinajstić information content (AvgIpc) is 2.56. The molecule has 1 aromatic carbocycles. The summed E-state index contributed by atoms with van der Waals surface area (Å²) in [5.74, 6) is 0.233. The minimum absolute atomic E-state index is 0.0990. The molecule has 0 unspecified atom stereocenters. The highest BCUT2D eigenvalue weighted by atomic mass is 16.3. The van der Waals surface area contributed by atoms with Gasteiger partial charge in [0.05, 0.1) is 0 Å². The SMILES string of the molecule is O=c1[nH][nH]cc1Cc1ccc(O)cc1. The van der Waals surface area contributed by atoms with Crippen molar-refractivity contribution < 1.29 is 5.11 Å². The molecule has 0 spiro atoms. The standard InChI is InChI=1S/C10H10N2O2/c13-9-3-1-7(2-4-9)5-8-6-11-12-10(8)14/h1-4,6,13H,5H2,(H2,11,12,14). The van der Waals surface area contributed by atoms with Gasteiger partial charge in [0, 0.05) is 18.2 Å². The molecule has 2 aromatic rings. The molecule has 2 rings (SSSR count). The smallest absolute Gasteiger partial charge is 0.267 e. The first-order chi connectivity index (χ1) is 6.75. The van der Waals surface area contributed by atoms with Crippen molar-refractivity contribution in [3.05, 3.63) is 51.9 Å². The number of rotatable bonds is 2. The van der Waals surface area contributed by atoms with Crippen LogP contribution in [0, 0.1) is 0 Å². The van der Waals surface area contributed by atoms with Crippen LogP contribution >= 0.6 is 0 Å². The lowest BCUT2D eigenvalue weighted by Gasteiger charge is -1.97. The number of nitrogens with one attached hydrogen (secondary N) is 2. The predicted molar refractivity (Wildman–Crippen MR) is 52.3 cm³/mol. The highest BCUT2D eigenvalue weighted by Crippen LogP contribution is 2.11. The predicted octanol–water partition coefficient (Wildman–Crippen LogP) is 0.999. The Kier molecular flexibility index (Phi) is 2.10. The van der Waals surface area contributed by atoms with Gasteiger partial charge in [-0.25, -0.2) is 0 Å². The third-order valence-electron chi connectivity index (χ3n) is 2.05. The fraction of sp³-hybridized carbons (Fsp3) is 0.100. The van der Waals surface area contributed by atoms with E-state index in [0.29, 0.717) is 12.0 Å². The van der Waals surface area contributed by atoms with Crippen LogP contribution in [0.5, 0.6) is 5.75 Å². The number of hydrogen-bond donors (Lipinski definition) is 3. The zero-order valence-corrected chi connectivity index (χ0v) is 7.45. The summed E-state index contributed by atoms with van der Waals surface area (Å²) < 4.78 is 0. The molecule has 0 saturated heterocycles. The first kappa shape index (κ1) is 8.62. The zero-order valence-electron chi connectivity index (χ0n) is 7.45. The van der Waals surface area contributed by atoms with Crippen LogP contribution < -0.4 is 5.56 Å². The topological polar surface area (TPSA) is 68.9 Å². The lowest BCUT2D eigenvalue weighted by molar-refractivity contribution is 0.475. The summed E-state index contributed by atoms with van der Waals surface area (Å²) >= 11 is 0. The maximum absolute atomic E-state index is 11.2. The van der Waals surface area contributed by atoms with Gasteiger partial charge in [-0.3, -0.25) is 9.89 Å². The monoisotopic (exact) mass is 190 g/mol. The van der Waals surface area contributed by atoms with Crippen LogP contribution in [0.4, 0.5) is 0 Å². The Bertz CT molecular complexity index is 467. The van der Waals surface area contributed by atoms with Gasteiger partial charge in [-0.2, -0.15) is 0 Å². The van der Waals surface area contributed by atoms with Crippen molar-refractivity contribution in [1.82, 2.24) is 10.2 Å². The van der Waals surface area contributed by atoms with Crippen molar-refractivity contribution in [2.75, 3.05) is 0 Å². The van der Waals surface area contributed by atoms with Crippen LogP contribution in [-0.2, 0) is 6.42 Å². The number of H-pyrrole nitrogens is 2. The fourth-order valence-corrected chi connectivity index (χ4v) is 1.30. The molecule has 0 radical (unpaired) electrons. The molecule has 72 valence electrons. The van der Waals surface area contributed by atoms with Gasteiger partial charge in [0.25, 0.3) is 5.56 Å². The largest absolute Gasteiger partial charge is 0.508 e. The van der Waals surface area contributed by atoms with Crippen LogP contribution in [0.1, 0.15) is 11.1 Å². The number of hydrogen-bond acceptors (Lipinski definition) is 2. The van der Waals surface area contributed by atoms with Crippen molar-refractivity contribution in [3.63, 3.8) is 0 Å². The van der Waals surface area contributed by atoms with Crippen LogP contribution in [-0.4, -0.2) is 15.3 Å². The highest BCUT2D eigenvalue weighted by Gasteiger charge is 2.01. The molecule has 1 heterocycles. The summed E-state index contributed by atoms with van der Waals surface area (Å²) in [4.78, 5) is 11.2. The molecular formula is C10H10N2O2. The Balaban J connectivity index is 2.23. The molecule has 0 atom stereocenters. The van der Waals surface area contributed by atoms with E-state index in [1.165, 1.54) is 0 Å². The number of benzene rings is 1. The summed E-state index contributed by atoms with van der Waals surface area (Å²) in [5, 5.41) is 14.2. The van der Waals surface area contributed by atoms with Gasteiger partial charge in [-0.15, -0.1) is 0 Å². The van der Waals surface area contributed by atoms with E-state index in [1.54, 1.807) is 30.5 Å². The molecule has 0 aliphatic rings. The van der Waals surface area contributed by atoms with Crippen LogP contribution in [0.2, 0.25) is 0 Å². The van der Waals surface area contributed by atoms with Crippen molar-refractivity contribution in [3.8, 4) is 5.75 Å². The lowest BCUT2D eigenvalue weighted by atomic mass is 10.1. The van der Waals surface area contributed by atoms with Crippen molar-refractivity contribution in [2.24, 2.45) is 0 Å². The van der Waals surface area contributed by atoms with Gasteiger partial charge >= 0.3 is 0 Å². The van der Waals surface area contributed by atoms with Crippen molar-refractivity contribution in [1.29, 1.82) is 0 Å². The Labute approximate surface area is 80.2 Å². The zero-order chi connectivity index (χ0) is 9.97. The van der Waals surface area contributed by atoms with E-state index in [2.05, 4.69) is 10.2 Å². The first-order valence-corrected chi connectivity index (χ1v) is 4.28. The van der Waals surface area contributed by atoms with Gasteiger partial charge in [0.15, 0.2) is 0 Å². The molecule has 1 aromatic heterocycles. The minimum Gasteiger partial charge on any atom is -0.508 e. The summed E-state index contributed by atoms with van der Waals surface area (Å²) in [5.41, 5.74) is 1.58. The maximum atomic E-state index is 11.2. The first-order valence-electron chi connectivity index (χ1n) is 4.28. The molecule has 0 amide bonds. The van der Waals surface area contributed by atoms with E-state index in [9.17, 15) is 4.79 Å². The summed E-state index contributed by atoms with van der Waals surface area (Å²) in [6, 6.07) is 6.80.